The lowest BCUT2D eigenvalue weighted by molar-refractivity contribution is -0.147. The van der Waals surface area contributed by atoms with E-state index in [9.17, 15) is 4.79 Å². The summed E-state index contributed by atoms with van der Waals surface area (Å²) in [5.41, 5.74) is 0.255. The third kappa shape index (κ3) is 0.793. The highest BCUT2D eigenvalue weighted by Crippen LogP contribution is 2.42. The highest BCUT2D eigenvalue weighted by molar-refractivity contribution is 5.81. The van der Waals surface area contributed by atoms with Gasteiger partial charge in [0, 0.05) is 11.9 Å². The van der Waals surface area contributed by atoms with Crippen LogP contribution >= 0.6 is 0 Å². The molecule has 0 amide bonds. The zero-order chi connectivity index (χ0) is 8.60. The molecule has 1 heterocycles. The Kier molecular flexibility index (Phi) is 1.46. The average Bonchev–Trinajstić information content (AvgIpc) is 2.35. The van der Waals surface area contributed by atoms with Gasteiger partial charge in [-0.3, -0.25) is 4.79 Å². The first-order chi connectivity index (χ1) is 5.76. The Bertz CT molecular complexity index is 285. The molecule has 3 nitrogen and oxygen atoms in total. The maximum atomic E-state index is 11.0. The Hall–Kier alpha value is -1.25. The van der Waals surface area contributed by atoms with E-state index < -0.39 is 11.4 Å². The SMILES string of the molecule is O=C(O)C1(c2ccc[nH]2)CCC1. The molecule has 64 valence electrons. The molecule has 0 saturated heterocycles. The highest BCUT2D eigenvalue weighted by atomic mass is 16.4. The summed E-state index contributed by atoms with van der Waals surface area (Å²) in [5.74, 6) is -0.698. The van der Waals surface area contributed by atoms with E-state index in [2.05, 4.69) is 4.98 Å². The molecule has 1 aromatic rings. The Morgan fingerprint density at radius 3 is 2.67 bits per heavy atom. The Labute approximate surface area is 70.4 Å². The van der Waals surface area contributed by atoms with Gasteiger partial charge >= 0.3 is 5.97 Å². The number of hydrogen-bond donors (Lipinski definition) is 2. The third-order valence-corrected chi connectivity index (χ3v) is 2.73. The molecule has 0 spiro atoms. The van der Waals surface area contributed by atoms with Crippen molar-refractivity contribution < 1.29 is 9.90 Å². The molecule has 2 N–H and O–H groups in total. The summed E-state index contributed by atoms with van der Waals surface area (Å²) in [6, 6.07) is 3.70. The second kappa shape index (κ2) is 2.37. The van der Waals surface area contributed by atoms with Gasteiger partial charge in [0.25, 0.3) is 0 Å². The van der Waals surface area contributed by atoms with Crippen molar-refractivity contribution in [3.63, 3.8) is 0 Å². The van der Waals surface area contributed by atoms with Gasteiger partial charge in [-0.15, -0.1) is 0 Å². The Morgan fingerprint density at radius 1 is 1.58 bits per heavy atom. The standard InChI is InChI=1S/C9H11NO2/c11-8(12)9(4-2-5-9)7-3-1-6-10-7/h1,3,6,10H,2,4-5H2,(H,11,12). The van der Waals surface area contributed by atoms with E-state index in [1.807, 2.05) is 12.1 Å². The number of nitrogens with one attached hydrogen (secondary N) is 1. The molecule has 0 aromatic carbocycles. The minimum Gasteiger partial charge on any atom is -0.481 e. The minimum atomic E-state index is -0.698. The van der Waals surface area contributed by atoms with Crippen LogP contribution in [0.25, 0.3) is 0 Å². The predicted octanol–water partition coefficient (Wildman–Crippen LogP) is 1.52. The van der Waals surface area contributed by atoms with Gasteiger partial charge in [-0.25, -0.2) is 0 Å². The number of hydrogen-bond acceptors (Lipinski definition) is 1. The molecule has 2 rings (SSSR count). The number of rotatable bonds is 2. The molecule has 1 fully saturated rings. The number of carboxylic acids is 1. The number of aliphatic carboxylic acids is 1. The van der Waals surface area contributed by atoms with E-state index in [-0.39, 0.29) is 0 Å². The molecule has 0 aliphatic heterocycles. The molecule has 1 aromatic heterocycles. The second-order valence-electron chi connectivity index (χ2n) is 3.32. The van der Waals surface area contributed by atoms with Crippen LogP contribution in [-0.2, 0) is 10.2 Å². The number of H-pyrrole nitrogens is 1. The zero-order valence-corrected chi connectivity index (χ0v) is 6.71. The van der Waals surface area contributed by atoms with Crippen molar-refractivity contribution in [2.24, 2.45) is 0 Å². The summed E-state index contributed by atoms with van der Waals surface area (Å²) in [4.78, 5) is 14.0. The van der Waals surface area contributed by atoms with Crippen molar-refractivity contribution in [1.29, 1.82) is 0 Å². The molecule has 3 heteroatoms. The van der Waals surface area contributed by atoms with Crippen molar-refractivity contribution in [2.45, 2.75) is 24.7 Å². The molecule has 0 radical (unpaired) electrons. The molecule has 0 atom stereocenters. The maximum Gasteiger partial charge on any atom is 0.315 e. The topological polar surface area (TPSA) is 53.1 Å². The van der Waals surface area contributed by atoms with Gasteiger partial charge in [-0.2, -0.15) is 0 Å². The van der Waals surface area contributed by atoms with Crippen LogP contribution in [0.15, 0.2) is 18.3 Å². The zero-order valence-electron chi connectivity index (χ0n) is 6.71. The maximum absolute atomic E-state index is 11.0. The number of aromatic nitrogens is 1. The summed E-state index contributed by atoms with van der Waals surface area (Å²) >= 11 is 0. The Balaban J connectivity index is 2.35. The lowest BCUT2D eigenvalue weighted by Gasteiger charge is -2.36. The van der Waals surface area contributed by atoms with Gasteiger partial charge in [0.2, 0.25) is 0 Å². The Morgan fingerprint density at radius 2 is 2.33 bits per heavy atom. The van der Waals surface area contributed by atoms with E-state index in [0.29, 0.717) is 0 Å². The van der Waals surface area contributed by atoms with Gasteiger partial charge in [0.1, 0.15) is 5.41 Å². The first kappa shape index (κ1) is 7.40. The first-order valence-electron chi connectivity index (χ1n) is 4.13. The molecule has 12 heavy (non-hydrogen) atoms. The fourth-order valence-electron chi connectivity index (χ4n) is 1.76. The molecule has 1 aliphatic rings. The fourth-order valence-corrected chi connectivity index (χ4v) is 1.76. The fraction of sp³-hybridized carbons (Fsp3) is 0.444. The number of carbonyl (C=O) groups is 1. The number of carboxylic acid groups (broad SMARTS) is 1. The van der Waals surface area contributed by atoms with Gasteiger partial charge in [0.15, 0.2) is 0 Å². The normalized spacial score (nSPS) is 20.0. The molecule has 0 bridgehead atoms. The first-order valence-corrected chi connectivity index (χ1v) is 4.13. The summed E-state index contributed by atoms with van der Waals surface area (Å²) < 4.78 is 0. The van der Waals surface area contributed by atoms with Crippen LogP contribution < -0.4 is 0 Å². The van der Waals surface area contributed by atoms with Crippen molar-refractivity contribution in [3.05, 3.63) is 24.0 Å². The lowest BCUT2D eigenvalue weighted by Crippen LogP contribution is -2.42. The van der Waals surface area contributed by atoms with Crippen molar-refractivity contribution in [2.75, 3.05) is 0 Å². The smallest absolute Gasteiger partial charge is 0.315 e. The molecular weight excluding hydrogens is 154 g/mol. The van der Waals surface area contributed by atoms with Crippen LogP contribution in [0.2, 0.25) is 0 Å². The van der Waals surface area contributed by atoms with E-state index >= 15 is 0 Å². The number of aromatic amines is 1. The van der Waals surface area contributed by atoms with E-state index in [4.69, 9.17) is 5.11 Å². The van der Waals surface area contributed by atoms with Crippen molar-refractivity contribution in [1.82, 2.24) is 4.98 Å². The van der Waals surface area contributed by atoms with Gasteiger partial charge < -0.3 is 10.1 Å². The lowest BCUT2D eigenvalue weighted by atomic mass is 9.67. The van der Waals surface area contributed by atoms with Crippen LogP contribution in [0.3, 0.4) is 0 Å². The van der Waals surface area contributed by atoms with Crippen LogP contribution in [0, 0.1) is 0 Å². The van der Waals surface area contributed by atoms with Crippen LogP contribution in [0.5, 0.6) is 0 Å². The second-order valence-corrected chi connectivity index (χ2v) is 3.32. The molecule has 0 unspecified atom stereocenters. The van der Waals surface area contributed by atoms with Crippen molar-refractivity contribution in [3.8, 4) is 0 Å². The quantitative estimate of drug-likeness (QED) is 0.698. The van der Waals surface area contributed by atoms with Crippen LogP contribution in [0.1, 0.15) is 25.0 Å². The minimum absolute atomic E-state index is 0.594. The molecule has 1 aliphatic carbocycles. The predicted molar refractivity (Wildman–Crippen MR) is 44.0 cm³/mol. The van der Waals surface area contributed by atoms with Crippen LogP contribution in [-0.4, -0.2) is 16.1 Å². The monoisotopic (exact) mass is 165 g/mol. The van der Waals surface area contributed by atoms with Gasteiger partial charge in [0.05, 0.1) is 0 Å². The van der Waals surface area contributed by atoms with Crippen LogP contribution in [0.4, 0.5) is 0 Å². The average molecular weight is 165 g/mol. The van der Waals surface area contributed by atoms with Crippen molar-refractivity contribution >= 4 is 5.97 Å². The van der Waals surface area contributed by atoms with E-state index in [0.717, 1.165) is 25.0 Å². The van der Waals surface area contributed by atoms with Gasteiger partial charge in [-0.05, 0) is 25.0 Å². The summed E-state index contributed by atoms with van der Waals surface area (Å²) in [6.45, 7) is 0. The van der Waals surface area contributed by atoms with E-state index in [1.54, 1.807) is 6.20 Å². The largest absolute Gasteiger partial charge is 0.481 e. The summed E-state index contributed by atoms with van der Waals surface area (Å²) in [5, 5.41) is 9.04. The molecule has 1 saturated carbocycles. The molecular formula is C9H11NO2. The van der Waals surface area contributed by atoms with Gasteiger partial charge in [-0.1, -0.05) is 6.42 Å². The summed E-state index contributed by atoms with van der Waals surface area (Å²) in [6.07, 6.45) is 4.33. The summed E-state index contributed by atoms with van der Waals surface area (Å²) in [7, 11) is 0. The third-order valence-electron chi connectivity index (χ3n) is 2.73. The van der Waals surface area contributed by atoms with E-state index in [1.165, 1.54) is 0 Å². The highest BCUT2D eigenvalue weighted by Gasteiger charge is 2.46.